The molecule has 0 aromatic rings. The number of aliphatic hydroxyl groups excluding tert-OH is 1. The second kappa shape index (κ2) is 18.4. The molecule has 0 heterocycles. The number of halogens is 1. The van der Waals surface area contributed by atoms with E-state index in [1.54, 1.807) is 0 Å². The molecule has 1 unspecified atom stereocenters. The summed E-state index contributed by atoms with van der Waals surface area (Å²) in [6, 6.07) is 0. The summed E-state index contributed by atoms with van der Waals surface area (Å²) in [6.45, 7) is 2.25. The maximum Gasteiger partial charge on any atom is 0.162 e. The van der Waals surface area contributed by atoms with Gasteiger partial charge in [-0.05, 0) is 32.1 Å². The van der Waals surface area contributed by atoms with E-state index in [0.717, 1.165) is 25.7 Å². The van der Waals surface area contributed by atoms with Crippen LogP contribution < -0.4 is 0 Å². The Morgan fingerprint density at radius 1 is 0.840 bits per heavy atom. The van der Waals surface area contributed by atoms with Crippen LogP contribution in [-0.4, -0.2) is 28.2 Å². The van der Waals surface area contributed by atoms with Crippen LogP contribution in [0.5, 0.6) is 0 Å². The van der Waals surface area contributed by atoms with Gasteiger partial charge in [0, 0.05) is 12.3 Å². The Kier molecular flexibility index (Phi) is 18.1. The zero-order chi connectivity index (χ0) is 18.8. The van der Waals surface area contributed by atoms with Gasteiger partial charge in [0.15, 0.2) is 6.29 Å². The molecule has 0 rings (SSSR count). The van der Waals surface area contributed by atoms with E-state index in [0.29, 0.717) is 6.42 Å². The molecule has 0 bridgehead atoms. The molecule has 0 aromatic heterocycles. The van der Waals surface area contributed by atoms with Crippen molar-refractivity contribution in [3.63, 3.8) is 0 Å². The molecule has 0 aliphatic rings. The van der Waals surface area contributed by atoms with E-state index in [1.807, 2.05) is 0 Å². The Hall–Kier alpha value is -0.380. The topological polar surface area (TPSA) is 57.5 Å². The molecule has 0 spiro atoms. The fraction of sp³-hybridized carbons (Fsp3) is 0.857. The highest BCUT2D eigenvalue weighted by molar-refractivity contribution is 6.19. The molecule has 0 saturated heterocycles. The number of hydrogen-bond acceptors (Lipinski definition) is 3. The standard InChI is InChI=1S/C21H39ClO3/c1-2-3-4-5-6-7-8-9-10-11-12-13-14-15-16-17-20(23)19(18-22)21(24)25/h9-10,19,21,24-25H,2-8,11-18H2,1H3/b10-9-. The lowest BCUT2D eigenvalue weighted by Crippen LogP contribution is -2.29. The van der Waals surface area contributed by atoms with Crippen LogP contribution in [0.15, 0.2) is 12.2 Å². The molecule has 4 heteroatoms. The van der Waals surface area contributed by atoms with Crippen LogP contribution in [-0.2, 0) is 4.79 Å². The number of alkyl halides is 1. The molecule has 1 atom stereocenters. The molecule has 3 nitrogen and oxygen atoms in total. The molecular weight excluding hydrogens is 336 g/mol. The molecule has 0 saturated carbocycles. The molecule has 0 radical (unpaired) electrons. The van der Waals surface area contributed by atoms with Crippen LogP contribution in [0.4, 0.5) is 0 Å². The Bertz CT molecular complexity index is 329. The fourth-order valence-corrected chi connectivity index (χ4v) is 3.22. The number of aliphatic hydroxyl groups is 2. The number of ketones is 1. The van der Waals surface area contributed by atoms with Gasteiger partial charge in [-0.2, -0.15) is 0 Å². The van der Waals surface area contributed by atoms with Crippen LogP contribution in [0.25, 0.3) is 0 Å². The largest absolute Gasteiger partial charge is 0.367 e. The number of carbonyl (C=O) groups excluding carboxylic acids is 1. The minimum Gasteiger partial charge on any atom is -0.367 e. The van der Waals surface area contributed by atoms with Gasteiger partial charge in [0.2, 0.25) is 0 Å². The van der Waals surface area contributed by atoms with Crippen LogP contribution in [0.3, 0.4) is 0 Å². The van der Waals surface area contributed by atoms with Gasteiger partial charge in [-0.1, -0.05) is 70.4 Å². The van der Waals surface area contributed by atoms with Gasteiger partial charge >= 0.3 is 0 Å². The number of Topliss-reactive ketones (excluding diaryl/α,β-unsaturated/α-hetero) is 1. The highest BCUT2D eigenvalue weighted by Gasteiger charge is 2.23. The van der Waals surface area contributed by atoms with Crippen molar-refractivity contribution in [3.05, 3.63) is 12.2 Å². The second-order valence-corrected chi connectivity index (χ2v) is 7.28. The van der Waals surface area contributed by atoms with Gasteiger partial charge in [0.05, 0.1) is 5.92 Å². The minimum atomic E-state index is -1.63. The quantitative estimate of drug-likeness (QED) is 0.139. The molecule has 0 aliphatic heterocycles. The first-order chi connectivity index (χ1) is 12.1. The third kappa shape index (κ3) is 15.6. The van der Waals surface area contributed by atoms with E-state index < -0.39 is 12.2 Å². The normalized spacial score (nSPS) is 13.0. The number of unbranched alkanes of at least 4 members (excludes halogenated alkanes) is 11. The van der Waals surface area contributed by atoms with E-state index in [4.69, 9.17) is 21.8 Å². The SMILES string of the molecule is CCCCCCCC/C=C\CCCCCCCC(=O)C(CCl)C(O)O. The second-order valence-electron chi connectivity index (χ2n) is 6.98. The summed E-state index contributed by atoms with van der Waals surface area (Å²) in [5.41, 5.74) is 0. The molecule has 2 N–H and O–H groups in total. The maximum absolute atomic E-state index is 11.7. The lowest BCUT2D eigenvalue weighted by molar-refractivity contribution is -0.137. The monoisotopic (exact) mass is 374 g/mol. The predicted octanol–water partition coefficient (Wildman–Crippen LogP) is 5.76. The molecule has 25 heavy (non-hydrogen) atoms. The highest BCUT2D eigenvalue weighted by atomic mass is 35.5. The lowest BCUT2D eigenvalue weighted by atomic mass is 9.99. The van der Waals surface area contributed by atoms with Gasteiger partial charge in [0.1, 0.15) is 5.78 Å². The average Bonchev–Trinajstić information content (AvgIpc) is 2.58. The Balaban J connectivity index is 3.36. The van der Waals surface area contributed by atoms with Crippen molar-refractivity contribution in [2.45, 2.75) is 103 Å². The molecular formula is C21H39ClO3. The zero-order valence-corrected chi connectivity index (χ0v) is 16.9. The Morgan fingerprint density at radius 2 is 1.32 bits per heavy atom. The van der Waals surface area contributed by atoms with Crippen LogP contribution >= 0.6 is 11.6 Å². The van der Waals surface area contributed by atoms with Crippen molar-refractivity contribution < 1.29 is 15.0 Å². The number of allylic oxidation sites excluding steroid dienone is 2. The third-order valence-electron chi connectivity index (χ3n) is 4.62. The van der Waals surface area contributed by atoms with Gasteiger partial charge in [-0.15, -0.1) is 11.6 Å². The summed E-state index contributed by atoms with van der Waals surface area (Å²) in [5, 5.41) is 18.1. The van der Waals surface area contributed by atoms with Crippen LogP contribution in [0, 0.1) is 5.92 Å². The minimum absolute atomic E-state index is 0.0262. The van der Waals surface area contributed by atoms with Gasteiger partial charge < -0.3 is 10.2 Å². The van der Waals surface area contributed by atoms with Gasteiger partial charge in [-0.3, -0.25) is 4.79 Å². The van der Waals surface area contributed by atoms with Crippen LogP contribution in [0.1, 0.15) is 96.8 Å². The van der Waals surface area contributed by atoms with E-state index >= 15 is 0 Å². The lowest BCUT2D eigenvalue weighted by Gasteiger charge is -2.14. The van der Waals surface area contributed by atoms with Crippen molar-refractivity contribution in [2.75, 3.05) is 5.88 Å². The van der Waals surface area contributed by atoms with E-state index in [1.165, 1.54) is 57.8 Å². The van der Waals surface area contributed by atoms with Crippen molar-refractivity contribution in [1.29, 1.82) is 0 Å². The average molecular weight is 375 g/mol. The van der Waals surface area contributed by atoms with Gasteiger partial charge in [0.25, 0.3) is 0 Å². The summed E-state index contributed by atoms with van der Waals surface area (Å²) in [5.74, 6) is -0.997. The Labute approximate surface area is 159 Å². The molecule has 0 aromatic carbocycles. The maximum atomic E-state index is 11.7. The summed E-state index contributed by atoms with van der Waals surface area (Å²) in [4.78, 5) is 11.7. The molecule has 0 amide bonds. The van der Waals surface area contributed by atoms with E-state index in [9.17, 15) is 4.79 Å². The molecule has 148 valence electrons. The van der Waals surface area contributed by atoms with Crippen molar-refractivity contribution in [1.82, 2.24) is 0 Å². The summed E-state index contributed by atoms with van der Waals surface area (Å²) in [6.07, 6.45) is 19.3. The summed E-state index contributed by atoms with van der Waals surface area (Å²) < 4.78 is 0. The molecule has 0 fully saturated rings. The highest BCUT2D eigenvalue weighted by Crippen LogP contribution is 2.14. The number of rotatable bonds is 18. The van der Waals surface area contributed by atoms with Gasteiger partial charge in [-0.25, -0.2) is 0 Å². The van der Waals surface area contributed by atoms with Crippen molar-refractivity contribution in [2.24, 2.45) is 5.92 Å². The number of carbonyl (C=O) groups is 1. The van der Waals surface area contributed by atoms with E-state index in [-0.39, 0.29) is 11.7 Å². The predicted molar refractivity (Wildman–Crippen MR) is 107 cm³/mol. The first kappa shape index (κ1) is 24.6. The number of hydrogen-bond donors (Lipinski definition) is 2. The summed E-state index contributed by atoms with van der Waals surface area (Å²) >= 11 is 5.58. The first-order valence-corrected chi connectivity index (χ1v) is 10.8. The summed E-state index contributed by atoms with van der Waals surface area (Å²) in [7, 11) is 0. The first-order valence-electron chi connectivity index (χ1n) is 10.2. The fourth-order valence-electron chi connectivity index (χ4n) is 2.89. The smallest absolute Gasteiger partial charge is 0.162 e. The Morgan fingerprint density at radius 3 is 1.80 bits per heavy atom. The van der Waals surface area contributed by atoms with Crippen LogP contribution in [0.2, 0.25) is 0 Å². The zero-order valence-electron chi connectivity index (χ0n) is 16.1. The van der Waals surface area contributed by atoms with Crippen molar-refractivity contribution in [3.8, 4) is 0 Å². The third-order valence-corrected chi connectivity index (χ3v) is 4.96. The van der Waals surface area contributed by atoms with E-state index in [2.05, 4.69) is 19.1 Å². The van der Waals surface area contributed by atoms with Crippen molar-refractivity contribution >= 4 is 17.4 Å². The molecule has 0 aliphatic carbocycles.